The van der Waals surface area contributed by atoms with Crippen LogP contribution in [-0.4, -0.2) is 0 Å². The normalized spacial score (nSPS) is 13.2. The van der Waals surface area contributed by atoms with Gasteiger partial charge in [-0.05, 0) is 141 Å². The zero-order chi connectivity index (χ0) is 47.0. The molecule has 14 rings (SSSR count). The van der Waals surface area contributed by atoms with Gasteiger partial charge in [0.15, 0.2) is 0 Å². The Morgan fingerprint density at radius 1 is 0.338 bits per heavy atom. The van der Waals surface area contributed by atoms with Crippen LogP contribution in [0.2, 0.25) is 0 Å². The number of hydrogen-bond donors (Lipinski definition) is 0. The SMILES string of the molecule is C=C1C=CC(N(c2ccccc2)c2ccc(-c3ccc4c(c3)Sc3ccc5c6c(ccc-4c36)-c3ccc(-c4ccc(N(c6ccccc6)c6ccccc6)c6ccccc46)cc3S5)c3ccccc23)=CC1. The number of rotatable bonds is 8. The molecule has 2 nitrogen and oxygen atoms in total. The van der Waals surface area contributed by atoms with Crippen LogP contribution in [0, 0.1) is 0 Å². The van der Waals surface area contributed by atoms with Crippen molar-refractivity contribution in [3.05, 3.63) is 261 Å². The van der Waals surface area contributed by atoms with E-state index >= 15 is 0 Å². The lowest BCUT2D eigenvalue weighted by molar-refractivity contribution is 1.14. The van der Waals surface area contributed by atoms with Gasteiger partial charge in [-0.1, -0.05) is 199 Å². The molecule has 0 spiro atoms. The average molecular weight is 941 g/mol. The number of benzene rings is 11. The van der Waals surface area contributed by atoms with Crippen molar-refractivity contribution in [2.45, 2.75) is 26.0 Å². The molecule has 334 valence electrons. The van der Waals surface area contributed by atoms with E-state index in [1.54, 1.807) is 0 Å². The highest BCUT2D eigenvalue weighted by molar-refractivity contribution is 8.00. The van der Waals surface area contributed by atoms with E-state index in [9.17, 15) is 0 Å². The number of anilines is 5. The first-order valence-corrected chi connectivity index (χ1v) is 25.9. The Hall–Kier alpha value is -8.28. The molecule has 0 amide bonds. The second-order valence-electron chi connectivity index (χ2n) is 18.5. The second kappa shape index (κ2) is 17.0. The Morgan fingerprint density at radius 3 is 1.21 bits per heavy atom. The average Bonchev–Trinajstić information content (AvgIpc) is 3.43. The Morgan fingerprint density at radius 2 is 0.746 bits per heavy atom. The van der Waals surface area contributed by atoms with E-state index in [1.807, 2.05) is 23.5 Å². The van der Waals surface area contributed by atoms with Crippen LogP contribution in [-0.2, 0) is 0 Å². The molecule has 11 aromatic carbocycles. The molecule has 0 unspecified atom stereocenters. The summed E-state index contributed by atoms with van der Waals surface area (Å²) in [5.74, 6) is 0. The van der Waals surface area contributed by atoms with Crippen LogP contribution >= 0.6 is 23.5 Å². The molecule has 71 heavy (non-hydrogen) atoms. The van der Waals surface area contributed by atoms with Gasteiger partial charge >= 0.3 is 0 Å². The highest BCUT2D eigenvalue weighted by Gasteiger charge is 2.28. The van der Waals surface area contributed by atoms with Gasteiger partial charge in [-0.25, -0.2) is 0 Å². The Kier molecular flexibility index (Phi) is 9.97. The van der Waals surface area contributed by atoms with E-state index in [0.29, 0.717) is 0 Å². The van der Waals surface area contributed by atoms with Crippen molar-refractivity contribution in [1.82, 2.24) is 0 Å². The molecule has 0 fully saturated rings. The molecule has 0 saturated carbocycles. The van der Waals surface area contributed by atoms with Gasteiger partial charge in [0.2, 0.25) is 0 Å². The van der Waals surface area contributed by atoms with E-state index < -0.39 is 0 Å². The molecule has 11 aromatic rings. The lowest BCUT2D eigenvalue weighted by Crippen LogP contribution is -2.16. The van der Waals surface area contributed by atoms with Crippen molar-refractivity contribution in [2.24, 2.45) is 0 Å². The lowest BCUT2D eigenvalue weighted by atomic mass is 9.89. The summed E-state index contributed by atoms with van der Waals surface area (Å²) in [4.78, 5) is 9.96. The summed E-state index contributed by atoms with van der Waals surface area (Å²) in [5, 5.41) is 7.62. The van der Waals surface area contributed by atoms with Gasteiger partial charge in [0, 0.05) is 63.9 Å². The molecule has 2 aliphatic heterocycles. The Bertz CT molecular complexity index is 4000. The van der Waals surface area contributed by atoms with Gasteiger partial charge in [-0.15, -0.1) is 0 Å². The van der Waals surface area contributed by atoms with Gasteiger partial charge in [-0.3, -0.25) is 0 Å². The fourth-order valence-corrected chi connectivity index (χ4v) is 13.4. The van der Waals surface area contributed by atoms with Gasteiger partial charge in [0.25, 0.3) is 0 Å². The molecule has 0 N–H and O–H groups in total. The number of nitrogens with zero attached hydrogens (tertiary/aromatic N) is 2. The predicted molar refractivity (Wildman–Crippen MR) is 303 cm³/mol. The van der Waals surface area contributed by atoms with Gasteiger partial charge < -0.3 is 9.80 Å². The number of allylic oxidation sites excluding steroid dienone is 4. The van der Waals surface area contributed by atoms with Gasteiger partial charge in [0.1, 0.15) is 0 Å². The maximum absolute atomic E-state index is 4.21. The molecule has 3 aliphatic rings. The first-order chi connectivity index (χ1) is 35.1. The molecule has 0 aromatic heterocycles. The number of para-hydroxylation sites is 3. The highest BCUT2D eigenvalue weighted by atomic mass is 32.2. The van der Waals surface area contributed by atoms with Crippen molar-refractivity contribution in [2.75, 3.05) is 9.80 Å². The van der Waals surface area contributed by atoms with E-state index in [2.05, 4.69) is 259 Å². The standard InChI is InChI=1S/C67H44N2S2/c1-43-25-29-49(30-26-43)69(48-19-9-4-10-20-48)61-38-36-51(53-22-12-14-24-55(53)61)45-28-32-57-59-34-33-58-56-31-27-44(41-64(56)70-62-39-40-63(67(59)66(58)62)71-65(57)42-45)50-35-37-60(54-23-13-11-21-52(50)54)68(46-15-5-2-6-16-46)47-17-7-3-8-18-47/h2-25,27-42H,1,26H2. The third kappa shape index (κ3) is 6.97. The van der Waals surface area contributed by atoms with E-state index in [1.165, 1.54) is 96.4 Å². The zero-order valence-electron chi connectivity index (χ0n) is 38.7. The highest BCUT2D eigenvalue weighted by Crippen LogP contribution is 2.57. The summed E-state index contributed by atoms with van der Waals surface area (Å²) in [6.07, 6.45) is 7.46. The molecule has 0 saturated heterocycles. The largest absolute Gasteiger partial charge is 0.310 e. The Labute approximate surface area is 422 Å². The summed E-state index contributed by atoms with van der Waals surface area (Å²) in [5.41, 5.74) is 18.1. The van der Waals surface area contributed by atoms with E-state index in [0.717, 1.165) is 46.1 Å². The van der Waals surface area contributed by atoms with Crippen LogP contribution in [0.5, 0.6) is 0 Å². The lowest BCUT2D eigenvalue weighted by Gasteiger charge is -2.29. The molecular weight excluding hydrogens is 897 g/mol. The molecule has 2 heterocycles. The van der Waals surface area contributed by atoms with Crippen LogP contribution < -0.4 is 9.80 Å². The van der Waals surface area contributed by atoms with E-state index in [4.69, 9.17) is 0 Å². The maximum Gasteiger partial charge on any atom is 0.0540 e. The topological polar surface area (TPSA) is 6.48 Å². The summed E-state index contributed by atoms with van der Waals surface area (Å²) >= 11 is 3.81. The maximum atomic E-state index is 4.21. The fourth-order valence-electron chi connectivity index (χ4n) is 11.1. The molecule has 1 aliphatic carbocycles. The minimum Gasteiger partial charge on any atom is -0.310 e. The first kappa shape index (κ1) is 41.7. The predicted octanol–water partition coefficient (Wildman–Crippen LogP) is 19.8. The summed E-state index contributed by atoms with van der Waals surface area (Å²) in [6.45, 7) is 4.21. The molecule has 4 heteroatoms. The van der Waals surface area contributed by atoms with Gasteiger partial charge in [0.05, 0.1) is 11.4 Å². The Balaban J connectivity index is 0.821. The first-order valence-electron chi connectivity index (χ1n) is 24.2. The smallest absolute Gasteiger partial charge is 0.0540 e. The second-order valence-corrected chi connectivity index (χ2v) is 20.6. The zero-order valence-corrected chi connectivity index (χ0v) is 40.4. The van der Waals surface area contributed by atoms with Crippen molar-refractivity contribution in [3.63, 3.8) is 0 Å². The van der Waals surface area contributed by atoms with E-state index in [-0.39, 0.29) is 0 Å². The van der Waals surface area contributed by atoms with Crippen LogP contribution in [0.3, 0.4) is 0 Å². The van der Waals surface area contributed by atoms with Crippen molar-refractivity contribution in [1.29, 1.82) is 0 Å². The van der Waals surface area contributed by atoms with Gasteiger partial charge in [-0.2, -0.15) is 0 Å². The minimum absolute atomic E-state index is 0.837. The van der Waals surface area contributed by atoms with Crippen LogP contribution in [0.1, 0.15) is 6.42 Å². The third-order valence-electron chi connectivity index (χ3n) is 14.3. The quantitative estimate of drug-likeness (QED) is 0.150. The monoisotopic (exact) mass is 940 g/mol. The van der Waals surface area contributed by atoms with Crippen LogP contribution in [0.4, 0.5) is 28.4 Å². The summed E-state index contributed by atoms with van der Waals surface area (Å²) in [7, 11) is 0. The van der Waals surface area contributed by atoms with Crippen LogP contribution in [0.15, 0.2) is 280 Å². The molecule has 0 atom stereocenters. The third-order valence-corrected chi connectivity index (χ3v) is 16.6. The van der Waals surface area contributed by atoms with Crippen molar-refractivity contribution >= 4 is 84.3 Å². The molecular formula is C67H44N2S2. The van der Waals surface area contributed by atoms with Crippen molar-refractivity contribution in [3.8, 4) is 44.5 Å². The fraction of sp³-hybridized carbons (Fsp3) is 0.0149. The molecule has 0 bridgehead atoms. The summed E-state index contributed by atoms with van der Waals surface area (Å²) < 4.78 is 0. The van der Waals surface area contributed by atoms with Crippen molar-refractivity contribution < 1.29 is 0 Å². The van der Waals surface area contributed by atoms with Crippen LogP contribution in [0.25, 0.3) is 76.8 Å². The minimum atomic E-state index is 0.837. The number of hydrogen-bond acceptors (Lipinski definition) is 4. The molecule has 0 radical (unpaired) electrons. The number of fused-ring (bicyclic) bond motifs is 6. The summed E-state index contributed by atoms with van der Waals surface area (Å²) in [6, 6.07) is 82.7.